The molecule has 0 saturated heterocycles. The van der Waals surface area contributed by atoms with Gasteiger partial charge >= 0.3 is 0 Å². The maximum absolute atomic E-state index is 13.3. The van der Waals surface area contributed by atoms with Crippen molar-refractivity contribution >= 4 is 11.0 Å². The largest absolute Gasteiger partial charge is 0.497 e. The molecule has 5 nitrogen and oxygen atoms in total. The minimum absolute atomic E-state index is 0.131. The summed E-state index contributed by atoms with van der Waals surface area (Å²) >= 11 is 0. The van der Waals surface area contributed by atoms with Crippen LogP contribution in [0.1, 0.15) is 0 Å². The first-order chi connectivity index (χ1) is 12.2. The number of methoxy groups -OCH3 is 1. The molecule has 0 unspecified atom stereocenters. The van der Waals surface area contributed by atoms with Crippen molar-refractivity contribution < 1.29 is 9.15 Å². The van der Waals surface area contributed by atoms with Crippen LogP contribution in [0.3, 0.4) is 0 Å². The summed E-state index contributed by atoms with van der Waals surface area (Å²) in [5.41, 5.74) is 1.66. The van der Waals surface area contributed by atoms with Crippen LogP contribution in [0.5, 0.6) is 5.75 Å². The Bertz CT molecular complexity index is 1110. The molecule has 0 atom stereocenters. The second kappa shape index (κ2) is 5.94. The molecule has 0 radical (unpaired) electrons. The van der Waals surface area contributed by atoms with E-state index in [1.807, 2.05) is 41.9 Å². The number of fused-ring (bicyclic) bond motifs is 1. The van der Waals surface area contributed by atoms with Crippen LogP contribution in [0.25, 0.3) is 33.7 Å². The van der Waals surface area contributed by atoms with Gasteiger partial charge in [-0.25, -0.2) is 4.98 Å². The van der Waals surface area contributed by atoms with E-state index in [-0.39, 0.29) is 5.43 Å². The lowest BCUT2D eigenvalue weighted by molar-refractivity contribution is 0.415. The van der Waals surface area contributed by atoms with Crippen molar-refractivity contribution in [2.24, 2.45) is 7.05 Å². The van der Waals surface area contributed by atoms with Gasteiger partial charge in [0, 0.05) is 25.0 Å². The number of ether oxygens (including phenoxy) is 1. The fraction of sp³-hybridized carbons (Fsp3) is 0.100. The molecule has 25 heavy (non-hydrogen) atoms. The summed E-state index contributed by atoms with van der Waals surface area (Å²) in [5, 5.41) is 0.469. The van der Waals surface area contributed by atoms with Crippen LogP contribution < -0.4 is 10.2 Å². The average Bonchev–Trinajstić information content (AvgIpc) is 3.07. The van der Waals surface area contributed by atoms with Crippen LogP contribution in [-0.2, 0) is 7.05 Å². The Morgan fingerprint density at radius 2 is 1.92 bits per heavy atom. The third-order valence-corrected chi connectivity index (χ3v) is 4.18. The Hall–Kier alpha value is -3.34. The number of nitrogens with zero attached hydrogens (tertiary/aromatic N) is 2. The van der Waals surface area contributed by atoms with Crippen LogP contribution in [0.15, 0.2) is 70.1 Å². The highest BCUT2D eigenvalue weighted by Gasteiger charge is 2.20. The van der Waals surface area contributed by atoms with Gasteiger partial charge in [0.15, 0.2) is 0 Å². The van der Waals surface area contributed by atoms with Crippen LogP contribution in [0, 0.1) is 0 Å². The lowest BCUT2D eigenvalue weighted by atomic mass is 10.0. The Balaban J connectivity index is 2.13. The number of aromatic nitrogens is 2. The molecule has 4 aromatic rings. The van der Waals surface area contributed by atoms with Gasteiger partial charge in [0.1, 0.15) is 28.5 Å². The summed E-state index contributed by atoms with van der Waals surface area (Å²) in [6.07, 6.45) is 3.47. The van der Waals surface area contributed by atoms with Crippen LogP contribution in [-0.4, -0.2) is 16.7 Å². The normalized spacial score (nSPS) is 11.0. The van der Waals surface area contributed by atoms with Crippen LogP contribution in [0.2, 0.25) is 0 Å². The molecule has 124 valence electrons. The van der Waals surface area contributed by atoms with E-state index in [2.05, 4.69) is 4.98 Å². The van der Waals surface area contributed by atoms with Crippen molar-refractivity contribution in [3.63, 3.8) is 0 Å². The van der Waals surface area contributed by atoms with Crippen molar-refractivity contribution in [3.05, 3.63) is 71.1 Å². The molecule has 0 spiro atoms. The Morgan fingerprint density at radius 3 is 2.60 bits per heavy atom. The van der Waals surface area contributed by atoms with E-state index in [9.17, 15) is 4.79 Å². The second-order valence-electron chi connectivity index (χ2n) is 5.73. The van der Waals surface area contributed by atoms with Gasteiger partial charge in [-0.15, -0.1) is 0 Å². The molecule has 0 aliphatic heterocycles. The van der Waals surface area contributed by atoms with Gasteiger partial charge in [-0.05, 0) is 18.2 Å². The van der Waals surface area contributed by atoms with E-state index < -0.39 is 0 Å². The molecule has 0 aliphatic carbocycles. The number of benzene rings is 2. The molecule has 4 rings (SSSR count). The molecular formula is C20H16N2O3. The summed E-state index contributed by atoms with van der Waals surface area (Å²) in [5.74, 6) is 1.69. The van der Waals surface area contributed by atoms with Crippen LogP contribution >= 0.6 is 0 Å². The highest BCUT2D eigenvalue weighted by Crippen LogP contribution is 2.32. The van der Waals surface area contributed by atoms with E-state index in [1.54, 1.807) is 37.7 Å². The second-order valence-corrected chi connectivity index (χ2v) is 5.73. The Kier molecular flexibility index (Phi) is 3.61. The van der Waals surface area contributed by atoms with Gasteiger partial charge in [-0.2, -0.15) is 0 Å². The van der Waals surface area contributed by atoms with Crippen molar-refractivity contribution in [3.8, 4) is 28.5 Å². The lowest BCUT2D eigenvalue weighted by Crippen LogP contribution is -2.10. The lowest BCUT2D eigenvalue weighted by Gasteiger charge is -2.11. The summed E-state index contributed by atoms with van der Waals surface area (Å²) in [4.78, 5) is 17.6. The third kappa shape index (κ3) is 2.50. The predicted molar refractivity (Wildman–Crippen MR) is 96.7 cm³/mol. The van der Waals surface area contributed by atoms with E-state index >= 15 is 0 Å². The number of hydrogen-bond donors (Lipinski definition) is 0. The van der Waals surface area contributed by atoms with E-state index in [0.717, 1.165) is 5.56 Å². The van der Waals surface area contributed by atoms with E-state index in [4.69, 9.17) is 9.15 Å². The zero-order chi connectivity index (χ0) is 17.4. The number of rotatable bonds is 3. The average molecular weight is 332 g/mol. The van der Waals surface area contributed by atoms with Crippen molar-refractivity contribution in [2.45, 2.75) is 0 Å². The maximum Gasteiger partial charge on any atom is 0.204 e. The Labute approximate surface area is 144 Å². The molecule has 0 fully saturated rings. The van der Waals surface area contributed by atoms with E-state index in [1.165, 1.54) is 0 Å². The molecular weight excluding hydrogens is 316 g/mol. The zero-order valence-corrected chi connectivity index (χ0v) is 13.9. The standard InChI is InChI=1S/C20H16N2O3/c1-22-11-10-21-20(22)17-18(23)15-12-14(24-2)8-9-16(15)25-19(17)13-6-4-3-5-7-13/h3-12H,1-2H3. The van der Waals surface area contributed by atoms with Gasteiger partial charge in [-0.3, -0.25) is 4.79 Å². The third-order valence-electron chi connectivity index (χ3n) is 4.18. The first kappa shape index (κ1) is 15.2. The monoisotopic (exact) mass is 332 g/mol. The van der Waals surface area contributed by atoms with Gasteiger partial charge < -0.3 is 13.7 Å². The zero-order valence-electron chi connectivity index (χ0n) is 13.9. The first-order valence-corrected chi connectivity index (χ1v) is 7.87. The molecule has 2 heterocycles. The quantitative estimate of drug-likeness (QED) is 0.571. The maximum atomic E-state index is 13.3. The molecule has 2 aromatic heterocycles. The number of hydrogen-bond acceptors (Lipinski definition) is 4. The minimum atomic E-state index is -0.131. The fourth-order valence-corrected chi connectivity index (χ4v) is 2.90. The number of imidazole rings is 1. The topological polar surface area (TPSA) is 57.3 Å². The summed E-state index contributed by atoms with van der Waals surface area (Å²) in [6, 6.07) is 14.8. The van der Waals surface area contributed by atoms with E-state index in [0.29, 0.717) is 33.9 Å². The highest BCUT2D eigenvalue weighted by atomic mass is 16.5. The molecule has 0 N–H and O–H groups in total. The predicted octanol–water partition coefficient (Wildman–Crippen LogP) is 3.87. The smallest absolute Gasteiger partial charge is 0.204 e. The highest BCUT2D eigenvalue weighted by molar-refractivity contribution is 5.88. The minimum Gasteiger partial charge on any atom is -0.497 e. The number of aryl methyl sites for hydroxylation is 1. The fourth-order valence-electron chi connectivity index (χ4n) is 2.90. The molecule has 0 amide bonds. The van der Waals surface area contributed by atoms with Gasteiger partial charge in [0.05, 0.1) is 12.5 Å². The molecule has 5 heteroatoms. The SMILES string of the molecule is COc1ccc2oc(-c3ccccc3)c(-c3nccn3C)c(=O)c2c1. The summed E-state index contributed by atoms with van der Waals surface area (Å²) in [6.45, 7) is 0. The van der Waals surface area contributed by atoms with Crippen molar-refractivity contribution in [1.82, 2.24) is 9.55 Å². The molecule has 0 aliphatic rings. The molecule has 0 saturated carbocycles. The Morgan fingerprint density at radius 1 is 1.12 bits per heavy atom. The van der Waals surface area contributed by atoms with Gasteiger partial charge in [0.2, 0.25) is 5.43 Å². The first-order valence-electron chi connectivity index (χ1n) is 7.87. The van der Waals surface area contributed by atoms with Crippen LogP contribution in [0.4, 0.5) is 0 Å². The molecule has 2 aromatic carbocycles. The summed E-state index contributed by atoms with van der Waals surface area (Å²) < 4.78 is 13.2. The summed E-state index contributed by atoms with van der Waals surface area (Å²) in [7, 11) is 3.42. The van der Waals surface area contributed by atoms with Crippen molar-refractivity contribution in [1.29, 1.82) is 0 Å². The van der Waals surface area contributed by atoms with Crippen molar-refractivity contribution in [2.75, 3.05) is 7.11 Å². The van der Waals surface area contributed by atoms with Gasteiger partial charge in [0.25, 0.3) is 0 Å². The van der Waals surface area contributed by atoms with Gasteiger partial charge in [-0.1, -0.05) is 30.3 Å². The molecule has 0 bridgehead atoms.